The number of alkyl halides is 3. The summed E-state index contributed by atoms with van der Waals surface area (Å²) in [5, 5.41) is 0. The number of para-hydroxylation sites is 1. The quantitative estimate of drug-likeness (QED) is 0.800. The molecule has 2 rings (SSSR count). The van der Waals surface area contributed by atoms with Gasteiger partial charge in [-0.3, -0.25) is 0 Å². The maximum atomic E-state index is 12.7. The first kappa shape index (κ1) is 12.4. The Bertz CT molecular complexity index is 552. The van der Waals surface area contributed by atoms with Gasteiger partial charge in [0.1, 0.15) is 5.75 Å². The minimum Gasteiger partial charge on any atom is -0.438 e. The van der Waals surface area contributed by atoms with Crippen LogP contribution in [0.5, 0.6) is 11.6 Å². The third-order valence-electron chi connectivity index (χ3n) is 2.27. The van der Waals surface area contributed by atoms with Crippen molar-refractivity contribution in [3.05, 3.63) is 53.7 Å². The second-order valence-corrected chi connectivity index (χ2v) is 3.71. The molecule has 94 valence electrons. The minimum absolute atomic E-state index is 0.145. The predicted octanol–water partition coefficient (Wildman–Crippen LogP) is 4.20. The Morgan fingerprint density at radius 2 is 1.72 bits per heavy atom. The van der Waals surface area contributed by atoms with Gasteiger partial charge < -0.3 is 4.74 Å². The molecule has 2 nitrogen and oxygen atoms in total. The van der Waals surface area contributed by atoms with Crippen LogP contribution in [0.3, 0.4) is 0 Å². The van der Waals surface area contributed by atoms with E-state index < -0.39 is 11.7 Å². The molecule has 0 bridgehead atoms. The molecular formula is C13H10F3NO. The summed E-state index contributed by atoms with van der Waals surface area (Å²) in [5.74, 6) is -0.102. The Morgan fingerprint density at radius 1 is 1.00 bits per heavy atom. The van der Waals surface area contributed by atoms with Crippen LogP contribution in [-0.4, -0.2) is 4.98 Å². The van der Waals surface area contributed by atoms with Crippen molar-refractivity contribution in [2.45, 2.75) is 13.1 Å². The van der Waals surface area contributed by atoms with Crippen LogP contribution in [0.15, 0.2) is 42.5 Å². The van der Waals surface area contributed by atoms with Crippen molar-refractivity contribution < 1.29 is 17.9 Å². The molecule has 5 heteroatoms. The van der Waals surface area contributed by atoms with E-state index in [4.69, 9.17) is 4.74 Å². The van der Waals surface area contributed by atoms with E-state index in [-0.39, 0.29) is 11.6 Å². The molecule has 0 saturated heterocycles. The van der Waals surface area contributed by atoms with Gasteiger partial charge in [-0.05, 0) is 25.1 Å². The number of rotatable bonds is 2. The molecule has 1 aromatic heterocycles. The number of benzene rings is 1. The molecule has 2 aromatic rings. The second-order valence-electron chi connectivity index (χ2n) is 3.71. The lowest BCUT2D eigenvalue weighted by molar-refractivity contribution is -0.138. The maximum absolute atomic E-state index is 12.7. The van der Waals surface area contributed by atoms with Crippen molar-refractivity contribution in [2.24, 2.45) is 0 Å². The summed E-state index contributed by atoms with van der Waals surface area (Å²) in [6.45, 7) is 1.74. The smallest absolute Gasteiger partial charge is 0.419 e. The Morgan fingerprint density at radius 3 is 2.39 bits per heavy atom. The number of aryl methyl sites for hydroxylation is 1. The van der Waals surface area contributed by atoms with Crippen molar-refractivity contribution in [1.82, 2.24) is 4.98 Å². The van der Waals surface area contributed by atoms with Crippen molar-refractivity contribution in [1.29, 1.82) is 0 Å². The molecule has 0 saturated carbocycles. The maximum Gasteiger partial charge on any atom is 0.419 e. The Labute approximate surface area is 102 Å². The van der Waals surface area contributed by atoms with Crippen molar-refractivity contribution in [3.8, 4) is 11.6 Å². The molecule has 18 heavy (non-hydrogen) atoms. The molecule has 0 fully saturated rings. The van der Waals surface area contributed by atoms with Gasteiger partial charge in [-0.25, -0.2) is 4.98 Å². The van der Waals surface area contributed by atoms with Gasteiger partial charge in [-0.15, -0.1) is 0 Å². The van der Waals surface area contributed by atoms with E-state index in [2.05, 4.69) is 4.98 Å². The van der Waals surface area contributed by atoms with Gasteiger partial charge in [0, 0.05) is 11.8 Å². The van der Waals surface area contributed by atoms with Gasteiger partial charge in [-0.1, -0.05) is 18.2 Å². The minimum atomic E-state index is -4.44. The van der Waals surface area contributed by atoms with Crippen molar-refractivity contribution in [3.63, 3.8) is 0 Å². The monoisotopic (exact) mass is 253 g/mol. The number of ether oxygens (including phenoxy) is 1. The zero-order valence-corrected chi connectivity index (χ0v) is 9.53. The first-order valence-corrected chi connectivity index (χ1v) is 5.24. The van der Waals surface area contributed by atoms with E-state index in [1.807, 2.05) is 0 Å². The normalized spacial score (nSPS) is 11.3. The van der Waals surface area contributed by atoms with Crippen LogP contribution in [0.2, 0.25) is 0 Å². The van der Waals surface area contributed by atoms with Gasteiger partial charge >= 0.3 is 6.18 Å². The number of pyridine rings is 1. The molecule has 0 unspecified atom stereocenters. The highest BCUT2D eigenvalue weighted by Gasteiger charge is 2.34. The van der Waals surface area contributed by atoms with Crippen LogP contribution in [0, 0.1) is 6.92 Å². The van der Waals surface area contributed by atoms with E-state index in [0.29, 0.717) is 5.69 Å². The zero-order chi connectivity index (χ0) is 13.2. The van der Waals surface area contributed by atoms with E-state index >= 15 is 0 Å². The second kappa shape index (κ2) is 4.68. The topological polar surface area (TPSA) is 22.1 Å². The molecule has 0 spiro atoms. The lowest BCUT2D eigenvalue weighted by Gasteiger charge is -2.12. The predicted molar refractivity (Wildman–Crippen MR) is 60.5 cm³/mol. The standard InChI is InChI=1S/C13H10F3NO/c1-9-5-4-8-12(17-9)18-11-7-3-2-6-10(11)13(14,15)16/h2-8H,1H3. The zero-order valence-electron chi connectivity index (χ0n) is 9.53. The number of hydrogen-bond acceptors (Lipinski definition) is 2. The number of nitrogens with zero attached hydrogens (tertiary/aromatic N) is 1. The fraction of sp³-hybridized carbons (Fsp3) is 0.154. The first-order chi connectivity index (χ1) is 8.47. The summed E-state index contributed by atoms with van der Waals surface area (Å²) >= 11 is 0. The van der Waals surface area contributed by atoms with Gasteiger partial charge in [-0.2, -0.15) is 13.2 Å². The van der Waals surface area contributed by atoms with E-state index in [1.165, 1.54) is 24.3 Å². The van der Waals surface area contributed by atoms with Gasteiger partial charge in [0.2, 0.25) is 5.88 Å². The molecule has 1 aromatic carbocycles. The molecule has 0 aliphatic heterocycles. The summed E-state index contributed by atoms with van der Waals surface area (Å²) in [5.41, 5.74) is -0.134. The van der Waals surface area contributed by atoms with Crippen LogP contribution in [0.1, 0.15) is 11.3 Å². The highest BCUT2D eigenvalue weighted by molar-refractivity contribution is 5.38. The van der Waals surface area contributed by atoms with Crippen LogP contribution < -0.4 is 4.74 Å². The van der Waals surface area contributed by atoms with Gasteiger partial charge in [0.05, 0.1) is 5.56 Å². The fourth-order valence-corrected chi connectivity index (χ4v) is 1.48. The summed E-state index contributed by atoms with van der Waals surface area (Å²) in [4.78, 5) is 4.00. The summed E-state index contributed by atoms with van der Waals surface area (Å²) in [7, 11) is 0. The molecule has 0 aliphatic carbocycles. The highest BCUT2D eigenvalue weighted by Crippen LogP contribution is 2.37. The third-order valence-corrected chi connectivity index (χ3v) is 2.27. The molecule has 0 aliphatic rings. The van der Waals surface area contributed by atoms with Crippen LogP contribution in [0.25, 0.3) is 0 Å². The SMILES string of the molecule is Cc1cccc(Oc2ccccc2C(F)(F)F)n1. The molecular weight excluding hydrogens is 243 g/mol. The lowest BCUT2D eigenvalue weighted by atomic mass is 10.2. The average molecular weight is 253 g/mol. The molecule has 1 heterocycles. The Hall–Kier alpha value is -2.04. The highest BCUT2D eigenvalue weighted by atomic mass is 19.4. The molecule has 0 atom stereocenters. The van der Waals surface area contributed by atoms with E-state index in [9.17, 15) is 13.2 Å². The fourth-order valence-electron chi connectivity index (χ4n) is 1.48. The number of hydrogen-bond donors (Lipinski definition) is 0. The van der Waals surface area contributed by atoms with E-state index in [0.717, 1.165) is 6.07 Å². The largest absolute Gasteiger partial charge is 0.438 e. The molecule has 0 radical (unpaired) electrons. The average Bonchev–Trinajstić information content (AvgIpc) is 2.28. The summed E-state index contributed by atoms with van der Waals surface area (Å²) in [6.07, 6.45) is -4.44. The number of aromatic nitrogens is 1. The third kappa shape index (κ3) is 2.80. The van der Waals surface area contributed by atoms with Crippen LogP contribution >= 0.6 is 0 Å². The molecule has 0 amide bonds. The van der Waals surface area contributed by atoms with Gasteiger partial charge in [0.25, 0.3) is 0 Å². The van der Waals surface area contributed by atoms with Crippen LogP contribution in [0.4, 0.5) is 13.2 Å². The van der Waals surface area contributed by atoms with E-state index in [1.54, 1.807) is 19.1 Å². The van der Waals surface area contributed by atoms with Crippen molar-refractivity contribution >= 4 is 0 Å². The summed E-state index contributed by atoms with van der Waals surface area (Å²) in [6, 6.07) is 9.98. The summed E-state index contributed by atoms with van der Waals surface area (Å²) < 4.78 is 43.4. The van der Waals surface area contributed by atoms with Crippen molar-refractivity contribution in [2.75, 3.05) is 0 Å². The Kier molecular flexibility index (Phi) is 3.23. The van der Waals surface area contributed by atoms with Crippen LogP contribution in [-0.2, 0) is 6.18 Å². The molecule has 0 N–H and O–H groups in total. The van der Waals surface area contributed by atoms with Gasteiger partial charge in [0.15, 0.2) is 0 Å². The lowest BCUT2D eigenvalue weighted by Crippen LogP contribution is -2.07. The Balaban J connectivity index is 2.35. The first-order valence-electron chi connectivity index (χ1n) is 5.24. The number of halogens is 3.